The first kappa shape index (κ1) is 16.0. The zero-order valence-corrected chi connectivity index (χ0v) is 13.2. The summed E-state index contributed by atoms with van der Waals surface area (Å²) in [6.45, 7) is 4.71. The molecule has 1 fully saturated rings. The number of hydrogen-bond acceptors (Lipinski definition) is 4. The second-order valence-corrected chi connectivity index (χ2v) is 6.94. The zero-order valence-electron chi connectivity index (χ0n) is 12.4. The lowest BCUT2D eigenvalue weighted by Crippen LogP contribution is -2.43. The van der Waals surface area contributed by atoms with Crippen molar-refractivity contribution in [2.45, 2.75) is 26.2 Å². The molecule has 2 rings (SSSR count). The van der Waals surface area contributed by atoms with Crippen LogP contribution in [0.25, 0.3) is 0 Å². The average molecular weight is 309 g/mol. The quantitative estimate of drug-likeness (QED) is 0.820. The molecule has 5 nitrogen and oxygen atoms in total. The normalized spacial score (nSPS) is 16.8. The van der Waals surface area contributed by atoms with Crippen LogP contribution in [-0.2, 0) is 16.0 Å². The Balaban J connectivity index is 1.62. The summed E-state index contributed by atoms with van der Waals surface area (Å²) in [5.74, 6) is -0.183. The minimum Gasteiger partial charge on any atom is -0.369 e. The summed E-state index contributed by atoms with van der Waals surface area (Å²) in [4.78, 5) is 27.7. The third kappa shape index (κ3) is 5.13. The molecule has 6 heteroatoms. The van der Waals surface area contributed by atoms with Crippen LogP contribution in [0.15, 0.2) is 12.1 Å². The van der Waals surface area contributed by atoms with Gasteiger partial charge in [0.15, 0.2) is 0 Å². The average Bonchev–Trinajstić information content (AvgIpc) is 2.85. The molecule has 1 aliphatic heterocycles. The predicted molar refractivity (Wildman–Crippen MR) is 84.1 cm³/mol. The Morgan fingerprint density at radius 3 is 2.67 bits per heavy atom. The van der Waals surface area contributed by atoms with E-state index in [0.717, 1.165) is 32.4 Å². The molecular weight excluding hydrogens is 286 g/mol. The molecule has 3 N–H and O–H groups in total. The molecule has 0 radical (unpaired) electrons. The molecular formula is C15H23N3O2S. The Morgan fingerprint density at radius 2 is 2.10 bits per heavy atom. The molecule has 1 aliphatic rings. The Kier molecular flexibility index (Phi) is 5.76. The number of carbonyl (C=O) groups is 2. The number of piperidine rings is 1. The van der Waals surface area contributed by atoms with Gasteiger partial charge >= 0.3 is 0 Å². The third-order valence-corrected chi connectivity index (χ3v) is 4.91. The van der Waals surface area contributed by atoms with Crippen molar-refractivity contribution in [2.75, 3.05) is 26.2 Å². The fourth-order valence-electron chi connectivity index (χ4n) is 2.58. The summed E-state index contributed by atoms with van der Waals surface area (Å²) in [7, 11) is 0. The summed E-state index contributed by atoms with van der Waals surface area (Å²) in [6, 6.07) is 4.21. The van der Waals surface area contributed by atoms with Gasteiger partial charge < -0.3 is 11.1 Å². The number of carbonyl (C=O) groups excluding carboxylic acids is 2. The lowest BCUT2D eigenvalue weighted by molar-refractivity contribution is -0.124. The minimum absolute atomic E-state index is 0.0219. The molecule has 116 valence electrons. The van der Waals surface area contributed by atoms with E-state index in [4.69, 9.17) is 5.73 Å². The number of hydrogen-bond donors (Lipinski definition) is 2. The van der Waals surface area contributed by atoms with Crippen molar-refractivity contribution in [3.8, 4) is 0 Å². The molecule has 0 atom stereocenters. The molecule has 0 bridgehead atoms. The van der Waals surface area contributed by atoms with Crippen molar-refractivity contribution in [3.05, 3.63) is 21.9 Å². The van der Waals surface area contributed by atoms with Crippen LogP contribution in [0, 0.1) is 12.8 Å². The van der Waals surface area contributed by atoms with E-state index in [-0.39, 0.29) is 17.7 Å². The van der Waals surface area contributed by atoms with E-state index in [2.05, 4.69) is 29.3 Å². The lowest BCUT2D eigenvalue weighted by Gasteiger charge is -2.29. The molecule has 2 amide bonds. The maximum Gasteiger partial charge on any atom is 0.234 e. The number of aryl methyl sites for hydroxylation is 1. The number of nitrogens with two attached hydrogens (primary N) is 1. The number of primary amides is 1. The van der Waals surface area contributed by atoms with Crippen LogP contribution < -0.4 is 11.1 Å². The van der Waals surface area contributed by atoms with Crippen LogP contribution >= 0.6 is 11.3 Å². The summed E-state index contributed by atoms with van der Waals surface area (Å²) in [5.41, 5.74) is 5.30. The lowest BCUT2D eigenvalue weighted by atomic mass is 9.96. The van der Waals surface area contributed by atoms with Gasteiger partial charge in [-0.1, -0.05) is 0 Å². The molecule has 0 saturated carbocycles. The van der Waals surface area contributed by atoms with E-state index in [9.17, 15) is 9.59 Å². The third-order valence-electron chi connectivity index (χ3n) is 3.85. The molecule has 1 aromatic rings. The molecule has 0 unspecified atom stereocenters. The number of rotatable bonds is 6. The molecule has 2 heterocycles. The monoisotopic (exact) mass is 309 g/mol. The molecule has 0 aliphatic carbocycles. The molecule has 1 aromatic heterocycles. The highest BCUT2D eigenvalue weighted by Crippen LogP contribution is 2.16. The van der Waals surface area contributed by atoms with Crippen LogP contribution in [0.3, 0.4) is 0 Å². The van der Waals surface area contributed by atoms with Crippen molar-refractivity contribution < 1.29 is 9.59 Å². The Bertz CT molecular complexity index is 493. The summed E-state index contributed by atoms with van der Waals surface area (Å²) >= 11 is 1.77. The van der Waals surface area contributed by atoms with Gasteiger partial charge in [-0.05, 0) is 51.4 Å². The standard InChI is InChI=1S/C15H23N3O2S/c1-11-2-3-13(21-11)4-7-17-14(19)10-18-8-5-12(6-9-18)15(16)20/h2-3,12H,4-10H2,1H3,(H2,16,20)(H,17,19). The van der Waals surface area contributed by atoms with Crippen molar-refractivity contribution in [2.24, 2.45) is 11.7 Å². The second-order valence-electron chi connectivity index (χ2n) is 5.57. The number of amides is 2. The fourth-order valence-corrected chi connectivity index (χ4v) is 3.47. The first-order chi connectivity index (χ1) is 10.0. The van der Waals surface area contributed by atoms with Crippen molar-refractivity contribution in [3.63, 3.8) is 0 Å². The Labute approximate surface area is 129 Å². The van der Waals surface area contributed by atoms with E-state index >= 15 is 0 Å². The highest BCUT2D eigenvalue weighted by Gasteiger charge is 2.23. The van der Waals surface area contributed by atoms with Crippen molar-refractivity contribution in [1.82, 2.24) is 10.2 Å². The fraction of sp³-hybridized carbons (Fsp3) is 0.600. The SMILES string of the molecule is Cc1ccc(CCNC(=O)CN2CCC(C(N)=O)CC2)s1. The topological polar surface area (TPSA) is 75.4 Å². The van der Waals surface area contributed by atoms with Gasteiger partial charge in [0.05, 0.1) is 6.54 Å². The summed E-state index contributed by atoms with van der Waals surface area (Å²) < 4.78 is 0. The van der Waals surface area contributed by atoms with Gasteiger partial charge in [-0.15, -0.1) is 11.3 Å². The molecule has 0 spiro atoms. The van der Waals surface area contributed by atoms with E-state index in [1.54, 1.807) is 11.3 Å². The van der Waals surface area contributed by atoms with Crippen LogP contribution in [0.1, 0.15) is 22.6 Å². The van der Waals surface area contributed by atoms with E-state index in [0.29, 0.717) is 13.1 Å². The summed E-state index contributed by atoms with van der Waals surface area (Å²) in [6.07, 6.45) is 2.40. The first-order valence-electron chi connectivity index (χ1n) is 7.38. The van der Waals surface area contributed by atoms with Crippen molar-refractivity contribution in [1.29, 1.82) is 0 Å². The largest absolute Gasteiger partial charge is 0.369 e. The summed E-state index contributed by atoms with van der Waals surface area (Å²) in [5, 5.41) is 2.96. The van der Waals surface area contributed by atoms with Crippen LogP contribution in [0.2, 0.25) is 0 Å². The van der Waals surface area contributed by atoms with E-state index < -0.39 is 0 Å². The van der Waals surface area contributed by atoms with Gasteiger partial charge in [0, 0.05) is 22.2 Å². The number of nitrogens with zero attached hydrogens (tertiary/aromatic N) is 1. The van der Waals surface area contributed by atoms with Gasteiger partial charge in [-0.3, -0.25) is 14.5 Å². The second kappa shape index (κ2) is 7.56. The number of nitrogens with one attached hydrogen (secondary N) is 1. The Morgan fingerprint density at radius 1 is 1.38 bits per heavy atom. The van der Waals surface area contributed by atoms with Gasteiger partial charge in [0.2, 0.25) is 11.8 Å². The first-order valence-corrected chi connectivity index (χ1v) is 8.20. The Hall–Kier alpha value is -1.40. The predicted octanol–water partition coefficient (Wildman–Crippen LogP) is 0.913. The van der Waals surface area contributed by atoms with Crippen LogP contribution in [-0.4, -0.2) is 42.9 Å². The van der Waals surface area contributed by atoms with Crippen LogP contribution in [0.5, 0.6) is 0 Å². The van der Waals surface area contributed by atoms with Crippen molar-refractivity contribution >= 4 is 23.2 Å². The van der Waals surface area contributed by atoms with Gasteiger partial charge in [0.25, 0.3) is 0 Å². The minimum atomic E-state index is -0.217. The molecule has 0 aromatic carbocycles. The maximum atomic E-state index is 11.9. The van der Waals surface area contributed by atoms with E-state index in [1.807, 2.05) is 0 Å². The number of likely N-dealkylation sites (tertiary alicyclic amines) is 1. The highest BCUT2D eigenvalue weighted by molar-refractivity contribution is 7.11. The smallest absolute Gasteiger partial charge is 0.234 e. The van der Waals surface area contributed by atoms with Crippen LogP contribution in [0.4, 0.5) is 0 Å². The van der Waals surface area contributed by atoms with Gasteiger partial charge in [-0.25, -0.2) is 0 Å². The van der Waals surface area contributed by atoms with Gasteiger partial charge in [-0.2, -0.15) is 0 Å². The zero-order chi connectivity index (χ0) is 15.2. The van der Waals surface area contributed by atoms with Gasteiger partial charge in [0.1, 0.15) is 0 Å². The maximum absolute atomic E-state index is 11.9. The highest BCUT2D eigenvalue weighted by atomic mass is 32.1. The molecule has 21 heavy (non-hydrogen) atoms. The molecule has 1 saturated heterocycles. The van der Waals surface area contributed by atoms with E-state index in [1.165, 1.54) is 9.75 Å². The number of thiophene rings is 1.